The number of carbonyl (C=O) groups is 2. The molecule has 3 rings (SSSR count). The van der Waals surface area contributed by atoms with Crippen molar-refractivity contribution >= 4 is 23.3 Å². The van der Waals surface area contributed by atoms with E-state index in [9.17, 15) is 9.59 Å². The molecule has 6 heteroatoms. The standard InChI is InChI=1S/C16H13N3O2S/c1-16(13-7-4-8-22-13)14(20)19(15(21)18-16)10-12-6-3-2-5-11(12)9-17/h2-8H,10H2,1H3,(H,18,21). The van der Waals surface area contributed by atoms with Gasteiger partial charge in [0.05, 0.1) is 18.2 Å². The van der Waals surface area contributed by atoms with Gasteiger partial charge in [-0.05, 0) is 30.0 Å². The first-order valence-electron chi connectivity index (χ1n) is 6.72. The molecule has 1 aromatic heterocycles. The molecule has 2 heterocycles. The lowest BCUT2D eigenvalue weighted by molar-refractivity contribution is -0.131. The van der Waals surface area contributed by atoms with E-state index in [0.29, 0.717) is 11.1 Å². The van der Waals surface area contributed by atoms with Crippen LogP contribution in [0.3, 0.4) is 0 Å². The summed E-state index contributed by atoms with van der Waals surface area (Å²) >= 11 is 1.43. The van der Waals surface area contributed by atoms with Gasteiger partial charge in [-0.3, -0.25) is 9.69 Å². The maximum atomic E-state index is 12.7. The Morgan fingerprint density at radius 1 is 1.27 bits per heavy atom. The lowest BCUT2D eigenvalue weighted by Crippen LogP contribution is -2.40. The maximum Gasteiger partial charge on any atom is 0.325 e. The van der Waals surface area contributed by atoms with Crippen molar-refractivity contribution < 1.29 is 9.59 Å². The van der Waals surface area contributed by atoms with E-state index >= 15 is 0 Å². The molecule has 1 unspecified atom stereocenters. The predicted octanol–water partition coefficient (Wildman–Crippen LogP) is 2.59. The van der Waals surface area contributed by atoms with Crippen molar-refractivity contribution in [3.05, 3.63) is 57.8 Å². The zero-order chi connectivity index (χ0) is 15.7. The van der Waals surface area contributed by atoms with Crippen LogP contribution in [0.15, 0.2) is 41.8 Å². The average Bonchev–Trinajstić information content (AvgIpc) is 3.12. The number of amides is 3. The number of nitriles is 1. The topological polar surface area (TPSA) is 73.2 Å². The molecule has 0 spiro atoms. The molecule has 110 valence electrons. The minimum Gasteiger partial charge on any atom is -0.319 e. The van der Waals surface area contributed by atoms with Gasteiger partial charge in [0.2, 0.25) is 0 Å². The Bertz CT molecular complexity index is 779. The van der Waals surface area contributed by atoms with E-state index in [4.69, 9.17) is 5.26 Å². The highest BCUT2D eigenvalue weighted by Gasteiger charge is 2.49. The Morgan fingerprint density at radius 2 is 2.05 bits per heavy atom. The highest BCUT2D eigenvalue weighted by atomic mass is 32.1. The lowest BCUT2D eigenvalue weighted by atomic mass is 10.00. The molecular formula is C16H13N3O2S. The molecule has 0 aliphatic carbocycles. The van der Waals surface area contributed by atoms with Gasteiger partial charge in [-0.15, -0.1) is 11.3 Å². The molecule has 1 saturated heterocycles. The molecule has 1 fully saturated rings. The molecule has 22 heavy (non-hydrogen) atoms. The third kappa shape index (κ3) is 2.16. The van der Waals surface area contributed by atoms with Gasteiger partial charge in [0.1, 0.15) is 0 Å². The van der Waals surface area contributed by atoms with Crippen molar-refractivity contribution in [3.8, 4) is 6.07 Å². The van der Waals surface area contributed by atoms with Gasteiger partial charge in [-0.25, -0.2) is 4.79 Å². The Morgan fingerprint density at radius 3 is 2.73 bits per heavy atom. The second-order valence-corrected chi connectivity index (χ2v) is 6.14. The van der Waals surface area contributed by atoms with Crippen LogP contribution in [0.25, 0.3) is 0 Å². The summed E-state index contributed by atoms with van der Waals surface area (Å²) in [6.07, 6.45) is 0. The molecule has 2 aromatic rings. The number of carbonyl (C=O) groups excluding carboxylic acids is 2. The first-order chi connectivity index (χ1) is 10.6. The van der Waals surface area contributed by atoms with Gasteiger partial charge in [-0.2, -0.15) is 5.26 Å². The van der Waals surface area contributed by atoms with Crippen molar-refractivity contribution in [3.63, 3.8) is 0 Å². The van der Waals surface area contributed by atoms with E-state index in [-0.39, 0.29) is 12.5 Å². The molecule has 1 aliphatic heterocycles. The van der Waals surface area contributed by atoms with E-state index in [0.717, 1.165) is 9.78 Å². The molecule has 0 bridgehead atoms. The highest BCUT2D eigenvalue weighted by Crippen LogP contribution is 2.32. The van der Waals surface area contributed by atoms with Crippen LogP contribution in [-0.2, 0) is 16.9 Å². The smallest absolute Gasteiger partial charge is 0.319 e. The summed E-state index contributed by atoms with van der Waals surface area (Å²) in [5.41, 5.74) is 0.0871. The van der Waals surface area contributed by atoms with Gasteiger partial charge in [0.15, 0.2) is 5.54 Å². The van der Waals surface area contributed by atoms with Gasteiger partial charge in [0, 0.05) is 4.88 Å². The van der Waals surface area contributed by atoms with Crippen LogP contribution in [0.2, 0.25) is 0 Å². The summed E-state index contributed by atoms with van der Waals surface area (Å²) in [6, 6.07) is 12.3. The first kappa shape index (κ1) is 14.3. The van der Waals surface area contributed by atoms with Gasteiger partial charge in [0.25, 0.3) is 5.91 Å². The molecule has 0 radical (unpaired) electrons. The molecule has 0 saturated carbocycles. The number of thiophene rings is 1. The molecule has 5 nitrogen and oxygen atoms in total. The first-order valence-corrected chi connectivity index (χ1v) is 7.60. The summed E-state index contributed by atoms with van der Waals surface area (Å²) in [4.78, 5) is 26.9. The average molecular weight is 311 g/mol. The van der Waals surface area contributed by atoms with Crippen LogP contribution in [0.1, 0.15) is 22.9 Å². The number of benzene rings is 1. The van der Waals surface area contributed by atoms with Crippen molar-refractivity contribution in [2.45, 2.75) is 19.0 Å². The monoisotopic (exact) mass is 311 g/mol. The summed E-state index contributed by atoms with van der Waals surface area (Å²) in [5, 5.41) is 13.7. The van der Waals surface area contributed by atoms with Crippen LogP contribution in [-0.4, -0.2) is 16.8 Å². The fourth-order valence-electron chi connectivity index (χ4n) is 2.51. The van der Waals surface area contributed by atoms with Gasteiger partial charge in [-0.1, -0.05) is 24.3 Å². The van der Waals surface area contributed by atoms with Crippen molar-refractivity contribution in [2.75, 3.05) is 0 Å². The second kappa shape index (κ2) is 5.28. The number of nitrogens with one attached hydrogen (secondary N) is 1. The van der Waals surface area contributed by atoms with E-state index in [2.05, 4.69) is 11.4 Å². The molecule has 1 atom stereocenters. The van der Waals surface area contributed by atoms with Crippen molar-refractivity contribution in [1.82, 2.24) is 10.2 Å². The summed E-state index contributed by atoms with van der Waals surface area (Å²) < 4.78 is 0. The van der Waals surface area contributed by atoms with Crippen LogP contribution < -0.4 is 5.32 Å². The molecule has 1 aliphatic rings. The predicted molar refractivity (Wildman–Crippen MR) is 81.9 cm³/mol. The molecule has 3 amide bonds. The largest absolute Gasteiger partial charge is 0.325 e. The minimum absolute atomic E-state index is 0.0926. The molecule has 1 aromatic carbocycles. The van der Waals surface area contributed by atoms with Crippen LogP contribution in [0, 0.1) is 11.3 Å². The Labute approximate surface area is 131 Å². The highest BCUT2D eigenvalue weighted by molar-refractivity contribution is 7.10. The van der Waals surface area contributed by atoms with Crippen LogP contribution >= 0.6 is 11.3 Å². The number of rotatable bonds is 3. The second-order valence-electron chi connectivity index (χ2n) is 5.19. The zero-order valence-electron chi connectivity index (χ0n) is 11.9. The summed E-state index contributed by atoms with van der Waals surface area (Å²) in [5.74, 6) is -0.298. The van der Waals surface area contributed by atoms with Gasteiger partial charge >= 0.3 is 6.03 Å². The minimum atomic E-state index is -1.03. The van der Waals surface area contributed by atoms with Crippen molar-refractivity contribution in [2.24, 2.45) is 0 Å². The summed E-state index contributed by atoms with van der Waals surface area (Å²) in [6.45, 7) is 1.80. The fraction of sp³-hybridized carbons (Fsp3) is 0.188. The molecule has 1 N–H and O–H groups in total. The number of hydrogen-bond donors (Lipinski definition) is 1. The van der Waals surface area contributed by atoms with Crippen LogP contribution in [0.5, 0.6) is 0 Å². The third-order valence-corrected chi connectivity index (χ3v) is 4.85. The van der Waals surface area contributed by atoms with E-state index < -0.39 is 11.6 Å². The number of nitrogens with zero attached hydrogens (tertiary/aromatic N) is 2. The Kier molecular flexibility index (Phi) is 3.43. The van der Waals surface area contributed by atoms with E-state index in [1.807, 2.05) is 17.5 Å². The Hall–Kier alpha value is -2.65. The fourth-order valence-corrected chi connectivity index (χ4v) is 3.34. The zero-order valence-corrected chi connectivity index (χ0v) is 12.7. The SMILES string of the molecule is CC1(c2cccs2)NC(=O)N(Cc2ccccc2C#N)C1=O. The maximum absolute atomic E-state index is 12.7. The number of urea groups is 1. The number of hydrogen-bond acceptors (Lipinski definition) is 4. The van der Waals surface area contributed by atoms with Gasteiger partial charge < -0.3 is 5.32 Å². The normalized spacial score (nSPS) is 20.8. The third-order valence-electron chi connectivity index (χ3n) is 3.76. The number of imide groups is 1. The van der Waals surface area contributed by atoms with Crippen LogP contribution in [0.4, 0.5) is 4.79 Å². The molecular weight excluding hydrogens is 298 g/mol. The lowest BCUT2D eigenvalue weighted by Gasteiger charge is -2.20. The van der Waals surface area contributed by atoms with E-state index in [1.54, 1.807) is 31.2 Å². The van der Waals surface area contributed by atoms with E-state index in [1.165, 1.54) is 11.3 Å². The summed E-state index contributed by atoms with van der Waals surface area (Å²) in [7, 11) is 0. The van der Waals surface area contributed by atoms with Crippen molar-refractivity contribution in [1.29, 1.82) is 5.26 Å². The quantitative estimate of drug-likeness (QED) is 0.885. The Balaban J connectivity index is 1.92.